The number of carbonyl (C=O) groups is 2. The molecule has 0 aliphatic rings. The van der Waals surface area contributed by atoms with Gasteiger partial charge in [0.2, 0.25) is 0 Å². The van der Waals surface area contributed by atoms with Crippen LogP contribution in [0.5, 0.6) is 11.5 Å². The number of hydrogen-bond donors (Lipinski definition) is 2. The highest BCUT2D eigenvalue weighted by Crippen LogP contribution is 2.26. The van der Waals surface area contributed by atoms with E-state index in [0.29, 0.717) is 30.0 Å². The van der Waals surface area contributed by atoms with Crippen LogP contribution >= 0.6 is 0 Å². The summed E-state index contributed by atoms with van der Waals surface area (Å²) in [6, 6.07) is 14.9. The number of rotatable bonds is 7. The number of ether oxygens (including phenoxy) is 2. The van der Waals surface area contributed by atoms with E-state index < -0.39 is 11.8 Å². The molecule has 26 heavy (non-hydrogen) atoms. The van der Waals surface area contributed by atoms with Gasteiger partial charge >= 0.3 is 11.8 Å². The van der Waals surface area contributed by atoms with Gasteiger partial charge in [0.1, 0.15) is 0 Å². The Morgan fingerprint density at radius 3 is 2.42 bits per heavy atom. The summed E-state index contributed by atoms with van der Waals surface area (Å²) in [5.74, 6) is -0.423. The second-order valence-electron chi connectivity index (χ2n) is 5.31. The fourth-order valence-electron chi connectivity index (χ4n) is 2.19. The zero-order chi connectivity index (χ0) is 18.8. The predicted octanol–water partition coefficient (Wildman–Crippen LogP) is 1.51. The number of benzene rings is 2. The Morgan fingerprint density at radius 2 is 1.73 bits per heavy atom. The highest BCUT2D eigenvalue weighted by Gasteiger charge is 2.11. The Labute approximate surface area is 152 Å². The Kier molecular flexibility index (Phi) is 7.17. The van der Waals surface area contributed by atoms with Crippen LogP contribution in [0.3, 0.4) is 0 Å². The first-order chi connectivity index (χ1) is 12.6. The van der Waals surface area contributed by atoms with Crippen molar-refractivity contribution in [1.29, 1.82) is 0 Å². The summed E-state index contributed by atoms with van der Waals surface area (Å²) in [4.78, 5) is 23.4. The number of amides is 2. The van der Waals surface area contributed by atoms with Crippen LogP contribution in [0.25, 0.3) is 0 Å². The SMILES string of the molecule is COc1ccc(C=NNC(=O)C(=O)NCCc2ccccc2)cc1OC. The lowest BCUT2D eigenvalue weighted by atomic mass is 10.1. The van der Waals surface area contributed by atoms with Crippen LogP contribution < -0.4 is 20.2 Å². The fraction of sp³-hybridized carbons (Fsp3) is 0.211. The summed E-state index contributed by atoms with van der Waals surface area (Å²) in [6.07, 6.45) is 2.06. The molecule has 136 valence electrons. The van der Waals surface area contributed by atoms with E-state index in [9.17, 15) is 9.59 Å². The van der Waals surface area contributed by atoms with E-state index in [-0.39, 0.29) is 0 Å². The maximum Gasteiger partial charge on any atom is 0.329 e. The number of methoxy groups -OCH3 is 2. The summed E-state index contributed by atoms with van der Waals surface area (Å²) >= 11 is 0. The largest absolute Gasteiger partial charge is 0.493 e. The Bertz CT molecular complexity index is 776. The fourth-order valence-corrected chi connectivity index (χ4v) is 2.19. The van der Waals surface area contributed by atoms with Crippen molar-refractivity contribution in [3.05, 3.63) is 59.7 Å². The third-order valence-electron chi connectivity index (χ3n) is 3.54. The van der Waals surface area contributed by atoms with Crippen LogP contribution in [0, 0.1) is 0 Å². The van der Waals surface area contributed by atoms with Gasteiger partial charge in [-0.25, -0.2) is 5.43 Å². The lowest BCUT2D eigenvalue weighted by molar-refractivity contribution is -0.139. The van der Waals surface area contributed by atoms with Gasteiger partial charge in [-0.3, -0.25) is 9.59 Å². The van der Waals surface area contributed by atoms with Gasteiger partial charge in [0.15, 0.2) is 11.5 Å². The molecule has 7 nitrogen and oxygen atoms in total. The standard InChI is InChI=1S/C19H21N3O4/c1-25-16-9-8-15(12-17(16)26-2)13-21-22-19(24)18(23)20-11-10-14-6-4-3-5-7-14/h3-9,12-13H,10-11H2,1-2H3,(H,20,23)(H,22,24). The third kappa shape index (κ3) is 5.62. The summed E-state index contributed by atoms with van der Waals surface area (Å²) < 4.78 is 10.3. The van der Waals surface area contributed by atoms with Crippen molar-refractivity contribution in [2.24, 2.45) is 5.10 Å². The molecule has 2 aromatic rings. The quantitative estimate of drug-likeness (QED) is 0.448. The Morgan fingerprint density at radius 1 is 1.00 bits per heavy atom. The number of nitrogens with one attached hydrogen (secondary N) is 2. The minimum absolute atomic E-state index is 0.371. The van der Waals surface area contributed by atoms with Gasteiger partial charge in [0.25, 0.3) is 0 Å². The molecule has 2 aromatic carbocycles. The molecule has 0 aliphatic carbocycles. The normalized spacial score (nSPS) is 10.4. The average Bonchev–Trinajstić information content (AvgIpc) is 2.68. The maximum atomic E-state index is 11.7. The zero-order valence-corrected chi connectivity index (χ0v) is 14.7. The van der Waals surface area contributed by atoms with Crippen molar-refractivity contribution in [1.82, 2.24) is 10.7 Å². The highest BCUT2D eigenvalue weighted by molar-refractivity contribution is 6.35. The van der Waals surface area contributed by atoms with Crippen LogP contribution in [0.2, 0.25) is 0 Å². The van der Waals surface area contributed by atoms with Gasteiger partial charge in [-0.1, -0.05) is 30.3 Å². The Hall–Kier alpha value is -3.35. The molecule has 0 spiro atoms. The van der Waals surface area contributed by atoms with Gasteiger partial charge in [0.05, 0.1) is 20.4 Å². The highest BCUT2D eigenvalue weighted by atomic mass is 16.5. The number of hydrazone groups is 1. The second-order valence-corrected chi connectivity index (χ2v) is 5.31. The predicted molar refractivity (Wildman–Crippen MR) is 98.4 cm³/mol. The van der Waals surface area contributed by atoms with Gasteiger partial charge in [-0.05, 0) is 35.7 Å². The van der Waals surface area contributed by atoms with E-state index in [4.69, 9.17) is 9.47 Å². The molecule has 2 rings (SSSR count). The third-order valence-corrected chi connectivity index (χ3v) is 3.54. The van der Waals surface area contributed by atoms with Gasteiger partial charge in [-0.15, -0.1) is 0 Å². The monoisotopic (exact) mass is 355 g/mol. The topological polar surface area (TPSA) is 89.0 Å². The summed E-state index contributed by atoms with van der Waals surface area (Å²) in [5, 5.41) is 6.33. The molecule has 0 saturated heterocycles. The molecule has 0 saturated carbocycles. The molecular weight excluding hydrogens is 334 g/mol. The van der Waals surface area contributed by atoms with E-state index in [2.05, 4.69) is 15.8 Å². The van der Waals surface area contributed by atoms with Gasteiger partial charge in [0, 0.05) is 6.54 Å². The molecule has 2 amide bonds. The molecular formula is C19H21N3O4. The molecule has 7 heteroatoms. The van der Waals surface area contributed by atoms with Crippen LogP contribution in [-0.4, -0.2) is 38.8 Å². The van der Waals surface area contributed by atoms with Crippen LogP contribution in [0.4, 0.5) is 0 Å². The molecule has 0 aliphatic heterocycles. The average molecular weight is 355 g/mol. The first kappa shape index (κ1) is 19.0. The summed E-state index contributed by atoms with van der Waals surface area (Å²) in [5.41, 5.74) is 3.96. The molecule has 2 N–H and O–H groups in total. The van der Waals surface area contributed by atoms with E-state index >= 15 is 0 Å². The van der Waals surface area contributed by atoms with E-state index in [1.165, 1.54) is 13.3 Å². The molecule has 0 aromatic heterocycles. The maximum absolute atomic E-state index is 11.7. The second kappa shape index (κ2) is 9.83. The van der Waals surface area contributed by atoms with Crippen molar-refractivity contribution < 1.29 is 19.1 Å². The molecule has 0 fully saturated rings. The van der Waals surface area contributed by atoms with Gasteiger partial charge in [-0.2, -0.15) is 5.10 Å². The van der Waals surface area contributed by atoms with Crippen molar-refractivity contribution in [3.8, 4) is 11.5 Å². The van der Waals surface area contributed by atoms with Gasteiger partial charge < -0.3 is 14.8 Å². The number of hydrogen-bond acceptors (Lipinski definition) is 5. The van der Waals surface area contributed by atoms with E-state index in [1.54, 1.807) is 25.3 Å². The van der Waals surface area contributed by atoms with Crippen LogP contribution in [0.15, 0.2) is 53.6 Å². The molecule has 0 radical (unpaired) electrons. The van der Waals surface area contributed by atoms with Crippen molar-refractivity contribution in [2.45, 2.75) is 6.42 Å². The van der Waals surface area contributed by atoms with Crippen LogP contribution in [0.1, 0.15) is 11.1 Å². The smallest absolute Gasteiger partial charge is 0.329 e. The molecule has 0 atom stereocenters. The molecule has 0 heterocycles. The minimum atomic E-state index is -0.824. The lowest BCUT2D eigenvalue weighted by Crippen LogP contribution is -2.38. The molecule has 0 bridgehead atoms. The molecule has 0 unspecified atom stereocenters. The van der Waals surface area contributed by atoms with Crippen LogP contribution in [-0.2, 0) is 16.0 Å². The number of nitrogens with zero attached hydrogens (tertiary/aromatic N) is 1. The van der Waals surface area contributed by atoms with Crippen molar-refractivity contribution >= 4 is 18.0 Å². The summed E-state index contributed by atoms with van der Waals surface area (Å²) in [6.45, 7) is 0.371. The Balaban J connectivity index is 1.80. The van der Waals surface area contributed by atoms with Crippen molar-refractivity contribution in [3.63, 3.8) is 0 Å². The van der Waals surface area contributed by atoms with Crippen molar-refractivity contribution in [2.75, 3.05) is 20.8 Å². The van der Waals surface area contributed by atoms with E-state index in [0.717, 1.165) is 5.56 Å². The lowest BCUT2D eigenvalue weighted by Gasteiger charge is -2.07. The van der Waals surface area contributed by atoms with E-state index in [1.807, 2.05) is 30.3 Å². The first-order valence-corrected chi connectivity index (χ1v) is 8.01. The number of carbonyl (C=O) groups excluding carboxylic acids is 2. The zero-order valence-electron chi connectivity index (χ0n) is 14.7. The summed E-state index contributed by atoms with van der Waals surface area (Å²) in [7, 11) is 3.07. The first-order valence-electron chi connectivity index (χ1n) is 8.01. The minimum Gasteiger partial charge on any atom is -0.493 e.